The SMILES string of the molecule is CCNCc1csc(S(=O)(=O)NCC(C)(C)SC)c1. The van der Waals surface area contributed by atoms with E-state index < -0.39 is 10.0 Å². The zero-order valence-corrected chi connectivity index (χ0v) is 14.3. The molecule has 110 valence electrons. The maximum atomic E-state index is 12.2. The van der Waals surface area contributed by atoms with E-state index in [1.54, 1.807) is 17.8 Å². The van der Waals surface area contributed by atoms with Crippen LogP contribution in [0.4, 0.5) is 0 Å². The first-order chi connectivity index (χ1) is 8.80. The Bertz CT molecular complexity index is 495. The Kier molecular flexibility index (Phi) is 6.32. The highest BCUT2D eigenvalue weighted by atomic mass is 32.2. The lowest BCUT2D eigenvalue weighted by Crippen LogP contribution is -2.35. The Balaban J connectivity index is 2.69. The minimum absolute atomic E-state index is 0.100. The lowest BCUT2D eigenvalue weighted by molar-refractivity contribution is 0.572. The molecule has 0 spiro atoms. The highest BCUT2D eigenvalue weighted by molar-refractivity contribution is 8.00. The van der Waals surface area contributed by atoms with E-state index in [0.29, 0.717) is 17.3 Å². The van der Waals surface area contributed by atoms with E-state index in [1.807, 2.05) is 32.4 Å². The average Bonchev–Trinajstić information content (AvgIpc) is 2.84. The largest absolute Gasteiger partial charge is 0.313 e. The van der Waals surface area contributed by atoms with Crippen molar-refractivity contribution in [2.45, 2.75) is 36.3 Å². The van der Waals surface area contributed by atoms with Gasteiger partial charge in [0.05, 0.1) is 0 Å². The van der Waals surface area contributed by atoms with Gasteiger partial charge in [-0.3, -0.25) is 0 Å². The van der Waals surface area contributed by atoms with E-state index in [0.717, 1.165) is 12.1 Å². The van der Waals surface area contributed by atoms with Gasteiger partial charge in [0.2, 0.25) is 10.0 Å². The first kappa shape index (κ1) is 17.0. The molecule has 0 aliphatic carbocycles. The predicted octanol–water partition coefficient (Wildman–Crippen LogP) is 2.28. The number of nitrogens with one attached hydrogen (secondary N) is 2. The van der Waals surface area contributed by atoms with Crippen molar-refractivity contribution < 1.29 is 8.42 Å². The molecule has 0 unspecified atom stereocenters. The van der Waals surface area contributed by atoms with Crippen molar-refractivity contribution in [1.29, 1.82) is 0 Å². The third-order valence-electron chi connectivity index (χ3n) is 2.71. The van der Waals surface area contributed by atoms with Crippen LogP contribution in [0.15, 0.2) is 15.7 Å². The molecule has 4 nitrogen and oxygen atoms in total. The molecule has 0 saturated heterocycles. The molecule has 0 radical (unpaired) electrons. The zero-order chi connectivity index (χ0) is 14.5. The van der Waals surface area contributed by atoms with Crippen molar-refractivity contribution in [1.82, 2.24) is 10.0 Å². The van der Waals surface area contributed by atoms with Gasteiger partial charge in [-0.25, -0.2) is 13.1 Å². The molecule has 0 atom stereocenters. The second-order valence-electron chi connectivity index (χ2n) is 4.84. The molecule has 1 rings (SSSR count). The van der Waals surface area contributed by atoms with Gasteiger partial charge in [0.25, 0.3) is 0 Å². The molecular weight excluding hydrogens is 300 g/mol. The maximum Gasteiger partial charge on any atom is 0.250 e. The Morgan fingerprint density at radius 3 is 2.68 bits per heavy atom. The number of sulfonamides is 1. The fourth-order valence-electron chi connectivity index (χ4n) is 1.27. The highest BCUT2D eigenvalue weighted by Crippen LogP contribution is 2.23. The van der Waals surface area contributed by atoms with E-state index >= 15 is 0 Å². The standard InChI is InChI=1S/C12H22N2O2S3/c1-5-13-7-10-6-11(18-8-10)19(15,16)14-9-12(2,3)17-4/h6,8,13-14H,5,7,9H2,1-4H3. The number of hydrogen-bond donors (Lipinski definition) is 2. The van der Waals surface area contributed by atoms with E-state index in [1.165, 1.54) is 11.3 Å². The normalized spacial score (nSPS) is 12.8. The summed E-state index contributed by atoms with van der Waals surface area (Å²) in [7, 11) is -3.38. The summed E-state index contributed by atoms with van der Waals surface area (Å²) in [4.78, 5) is 0. The van der Waals surface area contributed by atoms with Gasteiger partial charge in [-0.1, -0.05) is 6.92 Å². The summed E-state index contributed by atoms with van der Waals surface area (Å²) in [5, 5.41) is 5.07. The van der Waals surface area contributed by atoms with Crippen LogP contribution in [0, 0.1) is 0 Å². The first-order valence-corrected chi connectivity index (χ1v) is 9.72. The van der Waals surface area contributed by atoms with Crippen molar-refractivity contribution in [2.24, 2.45) is 0 Å². The summed E-state index contributed by atoms with van der Waals surface area (Å²) < 4.78 is 27.3. The summed E-state index contributed by atoms with van der Waals surface area (Å²) in [5.41, 5.74) is 1.01. The van der Waals surface area contributed by atoms with E-state index in [9.17, 15) is 8.42 Å². The fourth-order valence-corrected chi connectivity index (χ4v) is 4.04. The molecule has 0 bridgehead atoms. The van der Waals surface area contributed by atoms with Gasteiger partial charge in [0.1, 0.15) is 4.21 Å². The molecule has 0 saturated carbocycles. The van der Waals surface area contributed by atoms with Gasteiger partial charge in [-0.15, -0.1) is 11.3 Å². The van der Waals surface area contributed by atoms with Crippen LogP contribution < -0.4 is 10.0 Å². The quantitative estimate of drug-likeness (QED) is 0.771. The van der Waals surface area contributed by atoms with Crippen LogP contribution in [0.5, 0.6) is 0 Å². The summed E-state index contributed by atoms with van der Waals surface area (Å²) in [5.74, 6) is 0. The second kappa shape index (κ2) is 7.08. The van der Waals surface area contributed by atoms with Gasteiger partial charge >= 0.3 is 0 Å². The van der Waals surface area contributed by atoms with Crippen molar-refractivity contribution >= 4 is 33.1 Å². The predicted molar refractivity (Wildman–Crippen MR) is 84.5 cm³/mol. The van der Waals surface area contributed by atoms with Gasteiger partial charge in [-0.2, -0.15) is 11.8 Å². The highest BCUT2D eigenvalue weighted by Gasteiger charge is 2.22. The van der Waals surface area contributed by atoms with Crippen LogP contribution in [0.2, 0.25) is 0 Å². The number of thioether (sulfide) groups is 1. The molecule has 1 heterocycles. The molecule has 2 N–H and O–H groups in total. The smallest absolute Gasteiger partial charge is 0.250 e. The van der Waals surface area contributed by atoms with Crippen molar-refractivity contribution in [3.8, 4) is 0 Å². The topological polar surface area (TPSA) is 58.2 Å². The van der Waals surface area contributed by atoms with Gasteiger partial charge in [0, 0.05) is 17.8 Å². The number of rotatable bonds is 8. The van der Waals surface area contributed by atoms with Crippen molar-refractivity contribution in [2.75, 3.05) is 19.3 Å². The summed E-state index contributed by atoms with van der Waals surface area (Å²) >= 11 is 2.91. The molecule has 0 aliphatic rings. The van der Waals surface area contributed by atoms with Crippen LogP contribution in [0.3, 0.4) is 0 Å². The van der Waals surface area contributed by atoms with Gasteiger partial charge in [-0.05, 0) is 43.7 Å². The van der Waals surface area contributed by atoms with Crippen LogP contribution in [-0.4, -0.2) is 32.5 Å². The van der Waals surface area contributed by atoms with Crippen molar-refractivity contribution in [3.05, 3.63) is 17.0 Å². The van der Waals surface area contributed by atoms with Crippen LogP contribution in [-0.2, 0) is 16.6 Å². The number of hydrogen-bond acceptors (Lipinski definition) is 5. The van der Waals surface area contributed by atoms with E-state index in [-0.39, 0.29) is 4.75 Å². The monoisotopic (exact) mass is 322 g/mol. The maximum absolute atomic E-state index is 12.2. The first-order valence-electron chi connectivity index (χ1n) is 6.13. The lowest BCUT2D eigenvalue weighted by atomic mass is 10.2. The average molecular weight is 323 g/mol. The third kappa shape index (κ3) is 5.43. The van der Waals surface area contributed by atoms with Gasteiger partial charge in [0.15, 0.2) is 0 Å². The molecule has 0 fully saturated rings. The second-order valence-corrected chi connectivity index (χ2v) is 9.26. The molecule has 1 aromatic heterocycles. The molecule has 1 aromatic rings. The molecule has 0 aliphatic heterocycles. The fraction of sp³-hybridized carbons (Fsp3) is 0.667. The van der Waals surface area contributed by atoms with E-state index in [2.05, 4.69) is 10.0 Å². The van der Waals surface area contributed by atoms with Crippen molar-refractivity contribution in [3.63, 3.8) is 0 Å². The Hall–Kier alpha value is -0.0800. The summed E-state index contributed by atoms with van der Waals surface area (Å²) in [6.07, 6.45) is 1.98. The minimum Gasteiger partial charge on any atom is -0.313 e. The summed E-state index contributed by atoms with van der Waals surface area (Å²) in [6, 6.07) is 1.74. The van der Waals surface area contributed by atoms with Gasteiger partial charge < -0.3 is 5.32 Å². The van der Waals surface area contributed by atoms with Crippen LogP contribution in [0.1, 0.15) is 26.3 Å². The van der Waals surface area contributed by atoms with Crippen LogP contribution >= 0.6 is 23.1 Å². The summed E-state index contributed by atoms with van der Waals surface area (Å²) in [6.45, 7) is 8.07. The lowest BCUT2D eigenvalue weighted by Gasteiger charge is -2.21. The zero-order valence-electron chi connectivity index (χ0n) is 11.8. The Morgan fingerprint density at radius 2 is 2.11 bits per heavy atom. The molecule has 0 aromatic carbocycles. The Labute approximate surface area is 124 Å². The molecular formula is C12H22N2O2S3. The molecule has 7 heteroatoms. The Morgan fingerprint density at radius 1 is 1.42 bits per heavy atom. The molecule has 19 heavy (non-hydrogen) atoms. The third-order valence-corrected chi connectivity index (χ3v) is 6.85. The minimum atomic E-state index is -3.38. The van der Waals surface area contributed by atoms with Crippen LogP contribution in [0.25, 0.3) is 0 Å². The molecule has 0 amide bonds. The van der Waals surface area contributed by atoms with E-state index in [4.69, 9.17) is 0 Å². The number of thiophene rings is 1.